The highest BCUT2D eigenvalue weighted by Crippen LogP contribution is 2.41. The maximum Gasteiger partial charge on any atom is 0.319 e. The predicted octanol–water partition coefficient (Wildman–Crippen LogP) is 4.93. The molecule has 212 valence electrons. The fourth-order valence-corrected chi connectivity index (χ4v) is 7.78. The number of aromatic nitrogens is 4. The van der Waals surface area contributed by atoms with Crippen LogP contribution in [0.15, 0.2) is 36.8 Å². The van der Waals surface area contributed by atoms with Gasteiger partial charge >= 0.3 is 6.01 Å². The minimum absolute atomic E-state index is 0.104. The van der Waals surface area contributed by atoms with Gasteiger partial charge in [-0.1, -0.05) is 23.7 Å². The Bertz CT molecular complexity index is 1660. The van der Waals surface area contributed by atoms with E-state index in [0.29, 0.717) is 52.2 Å². The molecule has 4 saturated heterocycles. The zero-order chi connectivity index (χ0) is 27.7. The Labute approximate surface area is 241 Å². The number of alkyl halides is 1. The maximum atomic E-state index is 16.5. The van der Waals surface area contributed by atoms with Crippen LogP contribution >= 0.6 is 11.6 Å². The molecular formula is C30H30ClF2N7O. The van der Waals surface area contributed by atoms with E-state index in [1.54, 1.807) is 24.7 Å². The monoisotopic (exact) mass is 577 g/mol. The van der Waals surface area contributed by atoms with Crippen molar-refractivity contribution in [2.45, 2.75) is 55.9 Å². The van der Waals surface area contributed by atoms with Crippen molar-refractivity contribution in [1.82, 2.24) is 30.2 Å². The van der Waals surface area contributed by atoms with E-state index in [9.17, 15) is 4.39 Å². The Morgan fingerprint density at radius 1 is 1.10 bits per heavy atom. The lowest BCUT2D eigenvalue weighted by molar-refractivity contribution is 0.107. The summed E-state index contributed by atoms with van der Waals surface area (Å²) in [7, 11) is 0. The average Bonchev–Trinajstić information content (AvgIpc) is 3.62. The zero-order valence-corrected chi connectivity index (χ0v) is 23.2. The molecule has 3 unspecified atom stereocenters. The van der Waals surface area contributed by atoms with Gasteiger partial charge in [-0.15, -0.1) is 0 Å². The number of fused-ring (bicyclic) bond motifs is 5. The Balaban J connectivity index is 1.25. The van der Waals surface area contributed by atoms with Gasteiger partial charge in [0.05, 0.1) is 10.9 Å². The van der Waals surface area contributed by atoms with E-state index in [1.165, 1.54) is 0 Å². The molecule has 4 aliphatic rings. The lowest BCUT2D eigenvalue weighted by atomic mass is 9.95. The molecule has 4 aromatic rings. The van der Waals surface area contributed by atoms with Gasteiger partial charge in [-0.05, 0) is 38.3 Å². The number of benzene rings is 1. The van der Waals surface area contributed by atoms with Crippen molar-refractivity contribution < 1.29 is 13.5 Å². The third-order valence-corrected chi connectivity index (χ3v) is 9.69. The second-order valence-electron chi connectivity index (χ2n) is 11.9. The van der Waals surface area contributed by atoms with Crippen molar-refractivity contribution in [2.24, 2.45) is 0 Å². The number of nitrogens with one attached hydrogen (secondary N) is 1. The van der Waals surface area contributed by atoms with Crippen molar-refractivity contribution in [3.8, 4) is 17.3 Å². The number of anilines is 1. The summed E-state index contributed by atoms with van der Waals surface area (Å²) in [4.78, 5) is 22.7. The minimum atomic E-state index is -0.865. The van der Waals surface area contributed by atoms with Crippen molar-refractivity contribution >= 4 is 39.1 Å². The first-order valence-electron chi connectivity index (χ1n) is 14.4. The summed E-state index contributed by atoms with van der Waals surface area (Å²) in [6.07, 6.45) is 8.58. The van der Waals surface area contributed by atoms with E-state index in [0.717, 1.165) is 50.7 Å². The number of ether oxygens (including phenoxy) is 1. The predicted molar refractivity (Wildman–Crippen MR) is 154 cm³/mol. The van der Waals surface area contributed by atoms with Gasteiger partial charge in [0.15, 0.2) is 5.82 Å². The summed E-state index contributed by atoms with van der Waals surface area (Å²) in [5.74, 6) is 0.0414. The number of halogens is 3. The van der Waals surface area contributed by atoms with Gasteiger partial charge in [0, 0.05) is 78.1 Å². The number of piperazine rings is 1. The molecule has 0 saturated carbocycles. The lowest BCUT2D eigenvalue weighted by Gasteiger charge is -2.34. The molecule has 7 heterocycles. The van der Waals surface area contributed by atoms with Crippen LogP contribution in [0.25, 0.3) is 32.9 Å². The van der Waals surface area contributed by atoms with Gasteiger partial charge in [0.2, 0.25) is 0 Å². The first kappa shape index (κ1) is 25.5. The fraction of sp³-hybridized carbons (Fsp3) is 0.467. The van der Waals surface area contributed by atoms with Crippen molar-refractivity contribution in [3.63, 3.8) is 0 Å². The van der Waals surface area contributed by atoms with E-state index >= 15 is 4.39 Å². The van der Waals surface area contributed by atoms with Crippen LogP contribution in [0.3, 0.4) is 0 Å². The topological polar surface area (TPSA) is 79.3 Å². The Hall–Kier alpha value is -3.21. The molecule has 0 radical (unpaired) electrons. The van der Waals surface area contributed by atoms with Crippen LogP contribution in [0.2, 0.25) is 5.02 Å². The van der Waals surface area contributed by atoms with E-state index < -0.39 is 12.0 Å². The summed E-state index contributed by atoms with van der Waals surface area (Å²) >= 11 is 6.56. The molecule has 0 amide bonds. The molecule has 1 aromatic carbocycles. The van der Waals surface area contributed by atoms with Crippen LogP contribution in [0.4, 0.5) is 14.6 Å². The van der Waals surface area contributed by atoms with Gasteiger partial charge in [-0.2, -0.15) is 9.97 Å². The van der Waals surface area contributed by atoms with Gasteiger partial charge in [0.1, 0.15) is 29.8 Å². The second-order valence-corrected chi connectivity index (χ2v) is 12.4. The summed E-state index contributed by atoms with van der Waals surface area (Å²) < 4.78 is 37.2. The van der Waals surface area contributed by atoms with E-state index in [-0.39, 0.29) is 29.4 Å². The highest BCUT2D eigenvalue weighted by molar-refractivity contribution is 6.36. The molecule has 0 aliphatic carbocycles. The standard InChI is InChI=1S/C30H30ClF2N7O/c31-23-4-1-3-17-10-34-11-21(24(17)23)26-25(33)27-22(12-35-26)28(39-14-19-5-6-20(15-39)36-19)38-29(37-27)41-16-30-7-2-8-40(30)13-18(32)9-30/h1,3-4,10-12,18-20,36H,2,5-9,13-16H2/t18-,19?,20?,30?/m0/s1. The summed E-state index contributed by atoms with van der Waals surface area (Å²) in [5, 5.41) is 6.14. The molecule has 8 rings (SSSR count). The smallest absolute Gasteiger partial charge is 0.319 e. The van der Waals surface area contributed by atoms with E-state index in [2.05, 4.69) is 30.1 Å². The van der Waals surface area contributed by atoms with E-state index in [4.69, 9.17) is 21.3 Å². The Morgan fingerprint density at radius 3 is 2.80 bits per heavy atom. The van der Waals surface area contributed by atoms with Crippen molar-refractivity contribution in [3.05, 3.63) is 47.6 Å². The molecule has 0 spiro atoms. The van der Waals surface area contributed by atoms with Crippen LogP contribution in [-0.4, -0.2) is 81.4 Å². The fourth-order valence-electron chi connectivity index (χ4n) is 7.50. The number of nitrogens with zero attached hydrogens (tertiary/aromatic N) is 6. The molecule has 4 aliphatic heterocycles. The Morgan fingerprint density at radius 2 is 1.95 bits per heavy atom. The first-order valence-corrected chi connectivity index (χ1v) is 14.8. The average molecular weight is 578 g/mol. The summed E-state index contributed by atoms with van der Waals surface area (Å²) in [5.41, 5.74) is 0.395. The molecule has 1 N–H and O–H groups in total. The van der Waals surface area contributed by atoms with Crippen LogP contribution in [0.5, 0.6) is 6.01 Å². The van der Waals surface area contributed by atoms with Crippen molar-refractivity contribution in [1.29, 1.82) is 0 Å². The van der Waals surface area contributed by atoms with E-state index in [1.807, 2.05) is 12.1 Å². The Kier molecular flexibility index (Phi) is 6.02. The highest BCUT2D eigenvalue weighted by Gasteiger charge is 2.49. The molecule has 41 heavy (non-hydrogen) atoms. The lowest BCUT2D eigenvalue weighted by Crippen LogP contribution is -2.51. The normalized spacial score (nSPS) is 27.7. The molecule has 11 heteroatoms. The molecule has 2 bridgehead atoms. The molecular weight excluding hydrogens is 548 g/mol. The zero-order valence-electron chi connectivity index (χ0n) is 22.5. The first-order chi connectivity index (χ1) is 20.0. The van der Waals surface area contributed by atoms with Crippen molar-refractivity contribution in [2.75, 3.05) is 37.7 Å². The van der Waals surface area contributed by atoms with Crippen LogP contribution in [0, 0.1) is 5.82 Å². The number of hydrogen-bond donors (Lipinski definition) is 1. The van der Waals surface area contributed by atoms with Gasteiger partial charge in [-0.25, -0.2) is 8.78 Å². The van der Waals surface area contributed by atoms with Gasteiger partial charge < -0.3 is 15.0 Å². The van der Waals surface area contributed by atoms with Crippen LogP contribution in [0.1, 0.15) is 32.1 Å². The van der Waals surface area contributed by atoms with Gasteiger partial charge in [0.25, 0.3) is 0 Å². The molecule has 8 nitrogen and oxygen atoms in total. The van der Waals surface area contributed by atoms with Crippen LogP contribution < -0.4 is 15.0 Å². The second kappa shape index (κ2) is 9.68. The number of rotatable bonds is 5. The SMILES string of the molecule is Fc1c(-c2cncc3cccc(Cl)c23)ncc2c(N3CC4CCC(C3)N4)nc(OCC34CCCN3C[C@@H](F)C4)nc12. The maximum absolute atomic E-state index is 16.5. The quantitative estimate of drug-likeness (QED) is 0.358. The third kappa shape index (κ3) is 4.21. The van der Waals surface area contributed by atoms with Gasteiger partial charge in [-0.3, -0.25) is 14.9 Å². The highest BCUT2D eigenvalue weighted by atomic mass is 35.5. The minimum Gasteiger partial charge on any atom is -0.461 e. The number of pyridine rings is 2. The molecule has 4 atom stereocenters. The number of hydrogen-bond acceptors (Lipinski definition) is 8. The largest absolute Gasteiger partial charge is 0.461 e. The third-order valence-electron chi connectivity index (χ3n) is 9.38. The van der Waals surface area contributed by atoms with Crippen LogP contribution in [-0.2, 0) is 0 Å². The summed E-state index contributed by atoms with van der Waals surface area (Å²) in [6, 6.07) is 6.31. The molecule has 4 fully saturated rings. The molecule has 3 aromatic heterocycles. The summed E-state index contributed by atoms with van der Waals surface area (Å²) in [6.45, 7) is 3.09.